The first kappa shape index (κ1) is 17.2. The highest BCUT2D eigenvalue weighted by Gasteiger charge is 2.41. The highest BCUT2D eigenvalue weighted by Crippen LogP contribution is 2.33. The van der Waals surface area contributed by atoms with Crippen LogP contribution in [0.15, 0.2) is 36.8 Å². The van der Waals surface area contributed by atoms with Crippen LogP contribution in [0.5, 0.6) is 0 Å². The predicted octanol–water partition coefficient (Wildman–Crippen LogP) is 1.11. The second kappa shape index (κ2) is 7.55. The lowest BCUT2D eigenvalue weighted by Gasteiger charge is -2.33. The SMILES string of the molecule is Cn1cc(CN2CC[C@@H]3C[C@H](C(=O)NCc4ccccn4)O[C@H]3C2)cn1. The summed E-state index contributed by atoms with van der Waals surface area (Å²) in [7, 11) is 1.93. The lowest BCUT2D eigenvalue weighted by molar-refractivity contribution is -0.133. The van der Waals surface area contributed by atoms with Crippen molar-refractivity contribution in [2.24, 2.45) is 13.0 Å². The molecule has 2 aromatic heterocycles. The van der Waals surface area contributed by atoms with Gasteiger partial charge in [0.2, 0.25) is 5.91 Å². The molecular weight excluding hydrogens is 330 g/mol. The Kier molecular flexibility index (Phi) is 4.99. The van der Waals surface area contributed by atoms with Crippen LogP contribution in [0.2, 0.25) is 0 Å². The molecule has 0 aromatic carbocycles. The number of rotatable bonds is 5. The molecule has 2 aliphatic rings. The number of likely N-dealkylation sites (tertiary alicyclic amines) is 1. The van der Waals surface area contributed by atoms with Crippen molar-refractivity contribution in [3.8, 4) is 0 Å². The number of carbonyl (C=O) groups is 1. The number of aryl methyl sites for hydroxylation is 1. The molecular formula is C19H25N5O2. The quantitative estimate of drug-likeness (QED) is 0.870. The Labute approximate surface area is 153 Å². The van der Waals surface area contributed by atoms with Crippen molar-refractivity contribution in [2.45, 2.75) is 38.1 Å². The smallest absolute Gasteiger partial charge is 0.249 e. The van der Waals surface area contributed by atoms with Gasteiger partial charge in [0.15, 0.2) is 0 Å². The van der Waals surface area contributed by atoms with E-state index >= 15 is 0 Å². The van der Waals surface area contributed by atoms with Crippen molar-refractivity contribution in [3.05, 3.63) is 48.0 Å². The van der Waals surface area contributed by atoms with Gasteiger partial charge in [-0.25, -0.2) is 0 Å². The molecule has 0 saturated carbocycles. The van der Waals surface area contributed by atoms with Gasteiger partial charge in [-0.2, -0.15) is 5.10 Å². The molecule has 0 spiro atoms. The molecule has 2 aromatic rings. The lowest BCUT2D eigenvalue weighted by atomic mass is 9.91. The van der Waals surface area contributed by atoms with Gasteiger partial charge in [-0.3, -0.25) is 19.4 Å². The van der Waals surface area contributed by atoms with Crippen LogP contribution in [0.3, 0.4) is 0 Å². The Bertz CT molecular complexity index is 747. The number of aromatic nitrogens is 3. The van der Waals surface area contributed by atoms with E-state index in [4.69, 9.17) is 4.74 Å². The van der Waals surface area contributed by atoms with E-state index in [-0.39, 0.29) is 18.1 Å². The normalized spacial score (nSPS) is 25.8. The van der Waals surface area contributed by atoms with E-state index in [2.05, 4.69) is 26.5 Å². The van der Waals surface area contributed by atoms with Crippen molar-refractivity contribution < 1.29 is 9.53 Å². The van der Waals surface area contributed by atoms with Gasteiger partial charge in [0.25, 0.3) is 0 Å². The number of hydrogen-bond donors (Lipinski definition) is 1. The van der Waals surface area contributed by atoms with Gasteiger partial charge in [0.1, 0.15) is 6.10 Å². The molecule has 2 aliphatic heterocycles. The number of nitrogens with zero attached hydrogens (tertiary/aromatic N) is 4. The van der Waals surface area contributed by atoms with Crippen molar-refractivity contribution >= 4 is 5.91 Å². The number of carbonyl (C=O) groups excluding carboxylic acids is 1. The van der Waals surface area contributed by atoms with Crippen LogP contribution in [0.4, 0.5) is 0 Å². The number of amides is 1. The molecule has 4 rings (SSSR count). The minimum Gasteiger partial charge on any atom is -0.364 e. The van der Waals surface area contributed by atoms with Crippen LogP contribution in [-0.2, 0) is 29.7 Å². The molecule has 2 saturated heterocycles. The van der Waals surface area contributed by atoms with Crippen LogP contribution in [-0.4, -0.2) is 50.9 Å². The fourth-order valence-electron chi connectivity index (χ4n) is 3.91. The zero-order chi connectivity index (χ0) is 17.9. The number of nitrogens with one attached hydrogen (secondary N) is 1. The summed E-state index contributed by atoms with van der Waals surface area (Å²) in [5.74, 6) is 0.453. The zero-order valence-corrected chi connectivity index (χ0v) is 15.0. The Morgan fingerprint density at radius 3 is 3.12 bits per heavy atom. The molecule has 0 unspecified atom stereocenters. The molecule has 2 fully saturated rings. The van der Waals surface area contributed by atoms with Crippen molar-refractivity contribution in [1.29, 1.82) is 0 Å². The Morgan fingerprint density at radius 1 is 1.42 bits per heavy atom. The molecule has 3 atom stereocenters. The first-order valence-electron chi connectivity index (χ1n) is 9.20. The third-order valence-electron chi connectivity index (χ3n) is 5.26. The van der Waals surface area contributed by atoms with E-state index in [0.29, 0.717) is 12.5 Å². The van der Waals surface area contributed by atoms with Gasteiger partial charge in [-0.1, -0.05) is 6.07 Å². The van der Waals surface area contributed by atoms with E-state index in [1.807, 2.05) is 36.1 Å². The van der Waals surface area contributed by atoms with Crippen molar-refractivity contribution in [2.75, 3.05) is 13.1 Å². The molecule has 1 amide bonds. The number of pyridine rings is 1. The molecule has 0 bridgehead atoms. The van der Waals surface area contributed by atoms with Crippen LogP contribution in [0, 0.1) is 5.92 Å². The number of hydrogen-bond acceptors (Lipinski definition) is 5. The summed E-state index contributed by atoms with van der Waals surface area (Å²) in [5.41, 5.74) is 2.08. The highest BCUT2D eigenvalue weighted by atomic mass is 16.5. The second-order valence-corrected chi connectivity index (χ2v) is 7.24. The van der Waals surface area contributed by atoms with Gasteiger partial charge < -0.3 is 10.1 Å². The molecule has 0 radical (unpaired) electrons. The molecule has 26 heavy (non-hydrogen) atoms. The summed E-state index contributed by atoms with van der Waals surface area (Å²) in [5, 5.41) is 7.18. The van der Waals surface area contributed by atoms with Gasteiger partial charge in [0, 0.05) is 38.1 Å². The molecule has 7 heteroatoms. The summed E-state index contributed by atoms with van der Waals surface area (Å²) in [6.07, 6.45) is 7.40. The maximum atomic E-state index is 12.4. The number of piperidine rings is 1. The summed E-state index contributed by atoms with van der Waals surface area (Å²) in [6.45, 7) is 3.25. The molecule has 1 N–H and O–H groups in total. The third kappa shape index (κ3) is 3.94. The lowest BCUT2D eigenvalue weighted by Crippen LogP contribution is -2.42. The van der Waals surface area contributed by atoms with Crippen LogP contribution in [0.25, 0.3) is 0 Å². The van der Waals surface area contributed by atoms with Gasteiger partial charge >= 0.3 is 0 Å². The largest absolute Gasteiger partial charge is 0.364 e. The summed E-state index contributed by atoms with van der Waals surface area (Å²) >= 11 is 0. The topological polar surface area (TPSA) is 72.3 Å². The Morgan fingerprint density at radius 2 is 2.35 bits per heavy atom. The van der Waals surface area contributed by atoms with E-state index < -0.39 is 0 Å². The maximum Gasteiger partial charge on any atom is 0.249 e. The minimum atomic E-state index is -0.341. The fourth-order valence-corrected chi connectivity index (χ4v) is 3.91. The van der Waals surface area contributed by atoms with Crippen molar-refractivity contribution in [3.63, 3.8) is 0 Å². The second-order valence-electron chi connectivity index (χ2n) is 7.24. The van der Waals surface area contributed by atoms with E-state index in [1.165, 1.54) is 5.56 Å². The minimum absolute atomic E-state index is 0.0242. The van der Waals surface area contributed by atoms with Crippen LogP contribution in [0.1, 0.15) is 24.1 Å². The fraction of sp³-hybridized carbons (Fsp3) is 0.526. The predicted molar refractivity (Wildman–Crippen MR) is 96.0 cm³/mol. The van der Waals surface area contributed by atoms with E-state index in [9.17, 15) is 4.79 Å². The molecule has 4 heterocycles. The van der Waals surface area contributed by atoms with Crippen LogP contribution >= 0.6 is 0 Å². The van der Waals surface area contributed by atoms with Gasteiger partial charge in [0.05, 0.1) is 24.5 Å². The van der Waals surface area contributed by atoms with Crippen molar-refractivity contribution in [1.82, 2.24) is 25.0 Å². The number of fused-ring (bicyclic) bond motifs is 1. The Balaban J connectivity index is 1.28. The molecule has 138 valence electrons. The molecule has 7 nitrogen and oxygen atoms in total. The van der Waals surface area contributed by atoms with E-state index in [0.717, 1.165) is 38.2 Å². The summed E-state index contributed by atoms with van der Waals surface area (Å²) < 4.78 is 7.92. The Hall–Kier alpha value is -2.25. The number of ether oxygens (including phenoxy) is 1. The third-order valence-corrected chi connectivity index (χ3v) is 5.26. The van der Waals surface area contributed by atoms with Gasteiger partial charge in [-0.05, 0) is 37.4 Å². The monoisotopic (exact) mass is 355 g/mol. The van der Waals surface area contributed by atoms with Crippen LogP contribution < -0.4 is 5.32 Å². The first-order valence-corrected chi connectivity index (χ1v) is 9.20. The zero-order valence-electron chi connectivity index (χ0n) is 15.0. The average Bonchev–Trinajstić information content (AvgIpc) is 3.26. The maximum absolute atomic E-state index is 12.4. The average molecular weight is 355 g/mol. The first-order chi connectivity index (χ1) is 12.7. The summed E-state index contributed by atoms with van der Waals surface area (Å²) in [6, 6.07) is 5.70. The van der Waals surface area contributed by atoms with E-state index in [1.54, 1.807) is 6.20 Å². The summed E-state index contributed by atoms with van der Waals surface area (Å²) in [4.78, 5) is 19.1. The van der Waals surface area contributed by atoms with Gasteiger partial charge in [-0.15, -0.1) is 0 Å². The standard InChI is InChI=1S/C19H25N5O2/c1-23-11-14(9-22-23)12-24-7-5-15-8-17(26-18(15)13-24)19(25)21-10-16-4-2-3-6-20-16/h2-4,6,9,11,15,17-18H,5,7-8,10,12-13H2,1H3,(H,21,25)/t15-,17-,18+/m1/s1. The molecule has 0 aliphatic carbocycles. The highest BCUT2D eigenvalue weighted by molar-refractivity contribution is 5.81.